The number of likely N-dealkylation sites (tertiary alicyclic amines) is 1. The zero-order valence-corrected chi connectivity index (χ0v) is 11.9. The molecule has 110 valence electrons. The van der Waals surface area contributed by atoms with Crippen molar-refractivity contribution in [2.75, 3.05) is 6.54 Å². The molecule has 0 radical (unpaired) electrons. The molecule has 2 heterocycles. The highest BCUT2D eigenvalue weighted by atomic mass is 16.3. The summed E-state index contributed by atoms with van der Waals surface area (Å²) in [6, 6.07) is 7.39. The summed E-state index contributed by atoms with van der Waals surface area (Å²) in [6.45, 7) is 2.39. The highest BCUT2D eigenvalue weighted by Crippen LogP contribution is 2.22. The highest BCUT2D eigenvalue weighted by molar-refractivity contribution is 5.98. The first-order chi connectivity index (χ1) is 10.2. The monoisotopic (exact) mass is 286 g/mol. The number of β-amino-alcohol motifs (C(OH)–C–C–N with tert-alkyl or cyclic N) is 1. The summed E-state index contributed by atoms with van der Waals surface area (Å²) < 4.78 is 0. The van der Waals surface area contributed by atoms with Crippen molar-refractivity contribution in [3.05, 3.63) is 42.2 Å². The quantitative estimate of drug-likeness (QED) is 0.902. The Balaban J connectivity index is 1.95. The number of hydrogen-bond acceptors (Lipinski definition) is 4. The lowest BCUT2D eigenvalue weighted by Crippen LogP contribution is -2.47. The molecule has 3 rings (SSSR count). The number of aromatic nitrogens is 3. The van der Waals surface area contributed by atoms with Crippen LogP contribution in [0.5, 0.6) is 0 Å². The molecule has 1 aromatic heterocycles. The van der Waals surface area contributed by atoms with Crippen LogP contribution in [0.2, 0.25) is 0 Å². The van der Waals surface area contributed by atoms with Gasteiger partial charge in [-0.1, -0.05) is 12.1 Å². The smallest absolute Gasteiger partial charge is 0.256 e. The minimum absolute atomic E-state index is 0.0887. The maximum atomic E-state index is 12.8. The number of piperidine rings is 1. The van der Waals surface area contributed by atoms with Crippen molar-refractivity contribution in [2.45, 2.75) is 31.9 Å². The van der Waals surface area contributed by atoms with Gasteiger partial charge in [-0.15, -0.1) is 0 Å². The number of aliphatic hydroxyl groups is 1. The first-order valence-corrected chi connectivity index (χ1v) is 7.11. The van der Waals surface area contributed by atoms with E-state index >= 15 is 0 Å². The number of hydrogen-bond donors (Lipinski definition) is 1. The van der Waals surface area contributed by atoms with Gasteiger partial charge in [0.05, 0.1) is 29.7 Å². The van der Waals surface area contributed by atoms with Crippen LogP contribution < -0.4 is 0 Å². The number of amides is 1. The van der Waals surface area contributed by atoms with Gasteiger partial charge < -0.3 is 10.0 Å². The van der Waals surface area contributed by atoms with Crippen molar-refractivity contribution in [1.82, 2.24) is 19.9 Å². The second-order valence-electron chi connectivity index (χ2n) is 5.37. The van der Waals surface area contributed by atoms with Crippen molar-refractivity contribution in [3.8, 4) is 5.69 Å². The summed E-state index contributed by atoms with van der Waals surface area (Å²) in [7, 11) is 0. The Kier molecular flexibility index (Phi) is 3.70. The van der Waals surface area contributed by atoms with Gasteiger partial charge in [-0.05, 0) is 31.9 Å². The predicted octanol–water partition coefficient (Wildman–Crippen LogP) is 1.25. The fourth-order valence-electron chi connectivity index (χ4n) is 2.69. The molecular weight excluding hydrogens is 268 g/mol. The Morgan fingerprint density at radius 2 is 1.95 bits per heavy atom. The zero-order valence-electron chi connectivity index (χ0n) is 11.9. The molecule has 1 fully saturated rings. The van der Waals surface area contributed by atoms with Crippen LogP contribution in [0.3, 0.4) is 0 Å². The summed E-state index contributed by atoms with van der Waals surface area (Å²) in [6.07, 6.45) is 4.27. The zero-order chi connectivity index (χ0) is 14.8. The molecule has 1 N–H and O–H groups in total. The Morgan fingerprint density at radius 3 is 2.71 bits per heavy atom. The van der Waals surface area contributed by atoms with E-state index in [1.165, 1.54) is 4.80 Å². The maximum Gasteiger partial charge on any atom is 0.256 e. The SMILES string of the molecule is C[C@@H]1CC[C@H](O)CN1C(=O)c1ccccc1-n1nccn1. The first kappa shape index (κ1) is 13.8. The van der Waals surface area contributed by atoms with Gasteiger partial charge in [0.1, 0.15) is 0 Å². The van der Waals surface area contributed by atoms with Gasteiger partial charge in [0.2, 0.25) is 0 Å². The van der Waals surface area contributed by atoms with E-state index in [-0.39, 0.29) is 11.9 Å². The van der Waals surface area contributed by atoms with Crippen molar-refractivity contribution in [3.63, 3.8) is 0 Å². The largest absolute Gasteiger partial charge is 0.391 e. The molecular formula is C15H18N4O2. The van der Waals surface area contributed by atoms with Crippen LogP contribution in [0.1, 0.15) is 30.1 Å². The number of para-hydroxylation sites is 1. The van der Waals surface area contributed by atoms with E-state index in [0.29, 0.717) is 17.8 Å². The maximum absolute atomic E-state index is 12.8. The van der Waals surface area contributed by atoms with Crippen LogP contribution in [0.4, 0.5) is 0 Å². The van der Waals surface area contributed by atoms with Crippen molar-refractivity contribution < 1.29 is 9.90 Å². The number of benzene rings is 1. The summed E-state index contributed by atoms with van der Waals surface area (Å²) >= 11 is 0. The van der Waals surface area contributed by atoms with Crippen molar-refractivity contribution in [1.29, 1.82) is 0 Å². The summed E-state index contributed by atoms with van der Waals surface area (Å²) in [5.41, 5.74) is 1.20. The molecule has 0 spiro atoms. The van der Waals surface area contributed by atoms with Gasteiger partial charge in [-0.25, -0.2) is 0 Å². The molecule has 1 aliphatic rings. The third-order valence-electron chi connectivity index (χ3n) is 3.89. The lowest BCUT2D eigenvalue weighted by Gasteiger charge is -2.36. The number of nitrogens with zero attached hydrogens (tertiary/aromatic N) is 4. The Labute approximate surface area is 123 Å². The number of carbonyl (C=O) groups excluding carboxylic acids is 1. The molecule has 1 amide bonds. The van der Waals surface area contributed by atoms with Gasteiger partial charge in [-0.3, -0.25) is 4.79 Å². The van der Waals surface area contributed by atoms with E-state index in [9.17, 15) is 9.90 Å². The summed E-state index contributed by atoms with van der Waals surface area (Å²) in [4.78, 5) is 16.0. The lowest BCUT2D eigenvalue weighted by atomic mass is 10.00. The van der Waals surface area contributed by atoms with Crippen LogP contribution in [-0.2, 0) is 0 Å². The third kappa shape index (κ3) is 2.67. The Bertz CT molecular complexity index is 626. The van der Waals surface area contributed by atoms with Crippen LogP contribution in [-0.4, -0.2) is 49.6 Å². The van der Waals surface area contributed by atoms with E-state index in [0.717, 1.165) is 12.8 Å². The molecule has 21 heavy (non-hydrogen) atoms. The minimum Gasteiger partial charge on any atom is -0.391 e. The van der Waals surface area contributed by atoms with Gasteiger partial charge in [-0.2, -0.15) is 15.0 Å². The third-order valence-corrected chi connectivity index (χ3v) is 3.89. The molecule has 1 aliphatic heterocycles. The van der Waals surface area contributed by atoms with Crippen LogP contribution in [0.15, 0.2) is 36.7 Å². The van der Waals surface area contributed by atoms with Gasteiger partial charge >= 0.3 is 0 Å². The van der Waals surface area contributed by atoms with Crippen LogP contribution >= 0.6 is 0 Å². The van der Waals surface area contributed by atoms with E-state index < -0.39 is 6.10 Å². The highest BCUT2D eigenvalue weighted by Gasteiger charge is 2.30. The van der Waals surface area contributed by atoms with Crippen LogP contribution in [0, 0.1) is 0 Å². The number of rotatable bonds is 2. The van der Waals surface area contributed by atoms with Crippen LogP contribution in [0.25, 0.3) is 5.69 Å². The average molecular weight is 286 g/mol. The fraction of sp³-hybridized carbons (Fsp3) is 0.400. The molecule has 0 unspecified atom stereocenters. The molecule has 0 saturated carbocycles. The first-order valence-electron chi connectivity index (χ1n) is 7.11. The second-order valence-corrected chi connectivity index (χ2v) is 5.37. The molecule has 2 atom stereocenters. The minimum atomic E-state index is -0.444. The number of carbonyl (C=O) groups is 1. The summed E-state index contributed by atoms with van der Waals surface area (Å²) in [5.74, 6) is -0.0887. The van der Waals surface area contributed by atoms with Crippen molar-refractivity contribution in [2.24, 2.45) is 0 Å². The topological polar surface area (TPSA) is 71.2 Å². The van der Waals surface area contributed by atoms with Gasteiger partial charge in [0, 0.05) is 12.6 Å². The molecule has 2 aromatic rings. The van der Waals surface area contributed by atoms with E-state index in [2.05, 4.69) is 10.2 Å². The fourth-order valence-corrected chi connectivity index (χ4v) is 2.69. The molecule has 1 saturated heterocycles. The molecule has 1 aromatic carbocycles. The number of aliphatic hydroxyl groups excluding tert-OH is 1. The average Bonchev–Trinajstić information content (AvgIpc) is 3.03. The van der Waals surface area contributed by atoms with Gasteiger partial charge in [0.15, 0.2) is 0 Å². The van der Waals surface area contributed by atoms with Crippen molar-refractivity contribution >= 4 is 5.91 Å². The molecule has 6 nitrogen and oxygen atoms in total. The molecule has 0 bridgehead atoms. The predicted molar refractivity (Wildman–Crippen MR) is 77.1 cm³/mol. The van der Waals surface area contributed by atoms with E-state index in [4.69, 9.17) is 0 Å². The lowest BCUT2D eigenvalue weighted by molar-refractivity contribution is 0.0309. The normalized spacial score (nSPS) is 22.3. The summed E-state index contributed by atoms with van der Waals surface area (Å²) in [5, 5.41) is 18.0. The van der Waals surface area contributed by atoms with E-state index in [1.54, 1.807) is 23.4 Å². The van der Waals surface area contributed by atoms with E-state index in [1.807, 2.05) is 25.1 Å². The van der Waals surface area contributed by atoms with Gasteiger partial charge in [0.25, 0.3) is 5.91 Å². The Morgan fingerprint density at radius 1 is 1.24 bits per heavy atom. The molecule has 6 heteroatoms. The Hall–Kier alpha value is -2.21. The standard InChI is InChI=1S/C15H18N4O2/c1-11-6-7-12(20)10-18(11)15(21)13-4-2-3-5-14(13)19-16-8-9-17-19/h2-5,8-9,11-12,20H,6-7,10H2,1H3/t11-,12+/m1/s1. The molecule has 0 aliphatic carbocycles. The second kappa shape index (κ2) is 5.65.